The number of unbranched alkanes of at least 4 members (excludes halogenated alkanes) is 2. The Labute approximate surface area is 110 Å². The lowest BCUT2D eigenvalue weighted by Gasteiger charge is -2.21. The normalized spacial score (nSPS) is 11.9. The molecule has 18 heavy (non-hydrogen) atoms. The summed E-state index contributed by atoms with van der Waals surface area (Å²) in [6.07, 6.45) is 3.61. The maximum absolute atomic E-state index is 11.7. The van der Waals surface area contributed by atoms with Gasteiger partial charge in [0, 0.05) is 26.6 Å². The van der Waals surface area contributed by atoms with Gasteiger partial charge in [-0.05, 0) is 18.8 Å². The molecular weight excluding hydrogens is 232 g/mol. The lowest BCUT2D eigenvalue weighted by molar-refractivity contribution is -0.137. The number of carboxylic acids is 1. The fourth-order valence-corrected chi connectivity index (χ4v) is 1.59. The minimum atomic E-state index is -0.757. The molecule has 0 aliphatic heterocycles. The maximum atomic E-state index is 11.7. The van der Waals surface area contributed by atoms with Crippen LogP contribution >= 0.6 is 0 Å². The maximum Gasteiger partial charge on any atom is 0.317 e. The second kappa shape index (κ2) is 9.74. The first-order valence-corrected chi connectivity index (χ1v) is 6.68. The Hall–Kier alpha value is -1.26. The molecule has 0 rings (SSSR count). The molecule has 0 aliphatic carbocycles. The number of rotatable bonds is 9. The molecule has 106 valence electrons. The Balaban J connectivity index is 3.55. The Bertz CT molecular complexity index is 257. The van der Waals surface area contributed by atoms with Crippen LogP contribution in [0.1, 0.15) is 46.0 Å². The van der Waals surface area contributed by atoms with Crippen molar-refractivity contribution < 1.29 is 14.7 Å². The predicted octanol–water partition coefficient (Wildman–Crippen LogP) is 2.32. The highest BCUT2D eigenvalue weighted by atomic mass is 16.4. The zero-order valence-electron chi connectivity index (χ0n) is 11.7. The van der Waals surface area contributed by atoms with E-state index < -0.39 is 5.97 Å². The molecule has 1 atom stereocenters. The van der Waals surface area contributed by atoms with E-state index in [-0.39, 0.29) is 12.5 Å². The van der Waals surface area contributed by atoms with Crippen LogP contribution < -0.4 is 5.32 Å². The molecule has 0 aromatic carbocycles. The van der Waals surface area contributed by atoms with Crippen molar-refractivity contribution in [3.8, 4) is 0 Å². The van der Waals surface area contributed by atoms with Crippen molar-refractivity contribution in [3.63, 3.8) is 0 Å². The molecule has 5 nitrogen and oxygen atoms in total. The van der Waals surface area contributed by atoms with Crippen molar-refractivity contribution in [2.45, 2.75) is 46.0 Å². The van der Waals surface area contributed by atoms with Gasteiger partial charge in [-0.2, -0.15) is 0 Å². The Morgan fingerprint density at radius 2 is 1.94 bits per heavy atom. The highest BCUT2D eigenvalue weighted by Gasteiger charge is 2.10. The monoisotopic (exact) mass is 258 g/mol. The van der Waals surface area contributed by atoms with Crippen molar-refractivity contribution in [2.24, 2.45) is 5.92 Å². The highest BCUT2D eigenvalue weighted by molar-refractivity contribution is 5.73. The summed E-state index contributed by atoms with van der Waals surface area (Å²) >= 11 is 0. The van der Waals surface area contributed by atoms with Gasteiger partial charge in [0.15, 0.2) is 0 Å². The van der Waals surface area contributed by atoms with Gasteiger partial charge in [0.25, 0.3) is 0 Å². The van der Waals surface area contributed by atoms with E-state index in [2.05, 4.69) is 19.2 Å². The Morgan fingerprint density at radius 3 is 2.50 bits per heavy atom. The molecule has 2 amide bonds. The van der Waals surface area contributed by atoms with Gasteiger partial charge in [-0.15, -0.1) is 0 Å². The quantitative estimate of drug-likeness (QED) is 0.623. The number of carbonyl (C=O) groups excluding carboxylic acids is 1. The van der Waals surface area contributed by atoms with Gasteiger partial charge in [-0.3, -0.25) is 4.79 Å². The van der Waals surface area contributed by atoms with Gasteiger partial charge >= 0.3 is 12.0 Å². The topological polar surface area (TPSA) is 69.6 Å². The van der Waals surface area contributed by atoms with Crippen LogP contribution in [0, 0.1) is 5.92 Å². The van der Waals surface area contributed by atoms with E-state index in [4.69, 9.17) is 5.11 Å². The molecule has 0 aromatic heterocycles. The fourth-order valence-electron chi connectivity index (χ4n) is 1.59. The minimum absolute atomic E-state index is 0.0477. The number of carbonyl (C=O) groups is 2. The van der Waals surface area contributed by atoms with E-state index in [1.54, 1.807) is 11.9 Å². The Kier molecular flexibility index (Phi) is 9.06. The molecular formula is C13H26N2O3. The minimum Gasteiger partial charge on any atom is -0.481 e. The van der Waals surface area contributed by atoms with E-state index in [1.165, 1.54) is 0 Å². The van der Waals surface area contributed by atoms with E-state index in [1.807, 2.05) is 0 Å². The molecule has 2 N–H and O–H groups in total. The van der Waals surface area contributed by atoms with Crippen molar-refractivity contribution in [2.75, 3.05) is 20.1 Å². The number of nitrogens with one attached hydrogen (secondary N) is 1. The van der Waals surface area contributed by atoms with E-state index >= 15 is 0 Å². The van der Waals surface area contributed by atoms with Crippen molar-refractivity contribution >= 4 is 12.0 Å². The first kappa shape index (κ1) is 16.7. The molecule has 1 unspecified atom stereocenters. The second-order valence-electron chi connectivity index (χ2n) is 4.83. The third-order valence-corrected chi connectivity index (χ3v) is 2.97. The van der Waals surface area contributed by atoms with Gasteiger partial charge < -0.3 is 15.3 Å². The SMILES string of the molecule is CCC(C)CN(C)C(=O)NCCCCCC(=O)O. The van der Waals surface area contributed by atoms with E-state index in [0.29, 0.717) is 18.9 Å². The largest absolute Gasteiger partial charge is 0.481 e. The summed E-state index contributed by atoms with van der Waals surface area (Å²) in [4.78, 5) is 23.6. The predicted molar refractivity (Wildman–Crippen MR) is 71.6 cm³/mol. The van der Waals surface area contributed by atoms with Crippen LogP contribution in [0.4, 0.5) is 4.79 Å². The Morgan fingerprint density at radius 1 is 1.28 bits per heavy atom. The summed E-state index contributed by atoms with van der Waals surface area (Å²) in [6, 6.07) is -0.0477. The number of aliphatic carboxylic acids is 1. The van der Waals surface area contributed by atoms with Crippen LogP contribution in [-0.2, 0) is 4.79 Å². The zero-order chi connectivity index (χ0) is 14.0. The molecule has 0 heterocycles. The van der Waals surface area contributed by atoms with Crippen molar-refractivity contribution in [1.82, 2.24) is 10.2 Å². The molecule has 0 saturated heterocycles. The fraction of sp³-hybridized carbons (Fsp3) is 0.846. The highest BCUT2D eigenvalue weighted by Crippen LogP contribution is 2.03. The molecule has 0 saturated carbocycles. The van der Waals surface area contributed by atoms with Crippen LogP contribution in [0.2, 0.25) is 0 Å². The number of urea groups is 1. The summed E-state index contributed by atoms with van der Waals surface area (Å²) in [5, 5.41) is 11.3. The van der Waals surface area contributed by atoms with Crippen LogP contribution in [-0.4, -0.2) is 42.1 Å². The average molecular weight is 258 g/mol. The van der Waals surface area contributed by atoms with Crippen LogP contribution in [0.3, 0.4) is 0 Å². The van der Waals surface area contributed by atoms with Crippen LogP contribution in [0.5, 0.6) is 0 Å². The number of carboxylic acid groups (broad SMARTS) is 1. The second-order valence-corrected chi connectivity index (χ2v) is 4.83. The number of hydrogen-bond acceptors (Lipinski definition) is 2. The molecule has 5 heteroatoms. The van der Waals surface area contributed by atoms with E-state index in [9.17, 15) is 9.59 Å². The van der Waals surface area contributed by atoms with Crippen molar-refractivity contribution in [3.05, 3.63) is 0 Å². The zero-order valence-corrected chi connectivity index (χ0v) is 11.7. The van der Waals surface area contributed by atoms with Gasteiger partial charge in [0.1, 0.15) is 0 Å². The molecule has 0 fully saturated rings. The average Bonchev–Trinajstić information content (AvgIpc) is 2.32. The number of nitrogens with zero attached hydrogens (tertiary/aromatic N) is 1. The molecule has 0 aliphatic rings. The van der Waals surface area contributed by atoms with Gasteiger partial charge in [-0.1, -0.05) is 26.7 Å². The van der Waals surface area contributed by atoms with Gasteiger partial charge in [0.05, 0.1) is 0 Å². The first-order valence-electron chi connectivity index (χ1n) is 6.68. The van der Waals surface area contributed by atoms with Gasteiger partial charge in [0.2, 0.25) is 0 Å². The van der Waals surface area contributed by atoms with Crippen LogP contribution in [0.25, 0.3) is 0 Å². The lowest BCUT2D eigenvalue weighted by atomic mass is 10.1. The number of hydrogen-bond donors (Lipinski definition) is 2. The van der Waals surface area contributed by atoms with Crippen LogP contribution in [0.15, 0.2) is 0 Å². The summed E-state index contributed by atoms with van der Waals surface area (Å²) < 4.78 is 0. The summed E-state index contributed by atoms with van der Waals surface area (Å²) in [5.41, 5.74) is 0. The molecule has 0 bridgehead atoms. The third-order valence-electron chi connectivity index (χ3n) is 2.97. The summed E-state index contributed by atoms with van der Waals surface area (Å²) in [6.45, 7) is 5.61. The third kappa shape index (κ3) is 8.84. The van der Waals surface area contributed by atoms with Gasteiger partial charge in [-0.25, -0.2) is 4.79 Å². The summed E-state index contributed by atoms with van der Waals surface area (Å²) in [5.74, 6) is -0.247. The summed E-state index contributed by atoms with van der Waals surface area (Å²) in [7, 11) is 1.80. The number of amides is 2. The molecule has 0 radical (unpaired) electrons. The standard InChI is InChI=1S/C13H26N2O3/c1-4-11(2)10-15(3)13(18)14-9-7-5-6-8-12(16)17/h11H,4-10H2,1-3H3,(H,14,18)(H,16,17). The lowest BCUT2D eigenvalue weighted by Crippen LogP contribution is -2.39. The first-order chi connectivity index (χ1) is 8.47. The molecule has 0 spiro atoms. The van der Waals surface area contributed by atoms with E-state index in [0.717, 1.165) is 25.8 Å². The molecule has 0 aromatic rings. The van der Waals surface area contributed by atoms with Crippen molar-refractivity contribution in [1.29, 1.82) is 0 Å². The smallest absolute Gasteiger partial charge is 0.317 e.